The van der Waals surface area contributed by atoms with Gasteiger partial charge in [-0.25, -0.2) is 0 Å². The first kappa shape index (κ1) is 25.2. The fourth-order valence-electron chi connectivity index (χ4n) is 7.52. The van der Waals surface area contributed by atoms with Crippen molar-refractivity contribution >= 4 is 20.5 Å². The van der Waals surface area contributed by atoms with Crippen molar-refractivity contribution in [1.82, 2.24) is 0 Å². The Morgan fingerprint density at radius 3 is 1.70 bits per heavy atom. The Bertz CT molecular complexity index is 720. The van der Waals surface area contributed by atoms with Gasteiger partial charge in [-0.2, -0.15) is 0 Å². The Kier molecular flexibility index (Phi) is 7.33. The van der Waals surface area contributed by atoms with Crippen molar-refractivity contribution < 1.29 is 27.9 Å². The molecule has 33 heavy (non-hydrogen) atoms. The molecule has 0 spiro atoms. The minimum Gasteiger partial charge on any atom is -0.459 e. The van der Waals surface area contributed by atoms with Crippen molar-refractivity contribution in [3.05, 3.63) is 0 Å². The summed E-state index contributed by atoms with van der Waals surface area (Å²) in [5, 5.41) is 0. The predicted octanol–water partition coefficient (Wildman–Crippen LogP) is 5.53. The Balaban J connectivity index is 1.59. The van der Waals surface area contributed by atoms with E-state index in [1.54, 1.807) is 0 Å². The molecule has 4 saturated carbocycles. The molecule has 6 nitrogen and oxygen atoms in total. The molecule has 4 aliphatic carbocycles. The lowest BCUT2D eigenvalue weighted by molar-refractivity contribution is -0.178. The van der Waals surface area contributed by atoms with Crippen LogP contribution in [0.3, 0.4) is 0 Å². The molecule has 0 radical (unpaired) electrons. The van der Waals surface area contributed by atoms with E-state index in [1.807, 2.05) is 13.8 Å². The van der Waals surface area contributed by atoms with Gasteiger partial charge in [0.15, 0.2) is 0 Å². The zero-order valence-corrected chi connectivity index (χ0v) is 22.3. The lowest BCUT2D eigenvalue weighted by Gasteiger charge is -2.42. The van der Waals surface area contributed by atoms with E-state index in [4.69, 9.17) is 18.3 Å². The third kappa shape index (κ3) is 4.92. The van der Waals surface area contributed by atoms with Gasteiger partial charge in [-0.1, -0.05) is 0 Å². The summed E-state index contributed by atoms with van der Waals surface area (Å²) in [7, 11) is -2.50. The van der Waals surface area contributed by atoms with Gasteiger partial charge in [-0.3, -0.25) is 9.59 Å². The number of rotatable bonds is 9. The van der Waals surface area contributed by atoms with Crippen LogP contribution in [0.4, 0.5) is 0 Å². The van der Waals surface area contributed by atoms with Gasteiger partial charge in [0.05, 0.1) is 11.8 Å². The normalized spacial score (nSPS) is 34.5. The molecule has 2 bridgehead atoms. The van der Waals surface area contributed by atoms with Gasteiger partial charge < -0.3 is 18.3 Å². The summed E-state index contributed by atoms with van der Waals surface area (Å²) in [5.41, 5.74) is -0.590. The highest BCUT2D eigenvalue weighted by Gasteiger charge is 2.65. The maximum absolute atomic E-state index is 13.7. The molecule has 4 aliphatic rings. The molecule has 0 aromatic carbocycles. The summed E-state index contributed by atoms with van der Waals surface area (Å²) >= 11 is 0. The fraction of sp³-hybridized carbons (Fsp3) is 0.923. The van der Waals surface area contributed by atoms with Gasteiger partial charge in [0.1, 0.15) is 11.2 Å². The molecule has 0 N–H and O–H groups in total. The maximum Gasteiger partial charge on any atom is 0.338 e. The van der Waals surface area contributed by atoms with Crippen molar-refractivity contribution in [2.75, 3.05) is 13.2 Å². The lowest BCUT2D eigenvalue weighted by Crippen LogP contribution is -2.51. The second-order valence-corrected chi connectivity index (χ2v) is 14.9. The summed E-state index contributed by atoms with van der Waals surface area (Å²) in [6, 6.07) is 0. The summed E-state index contributed by atoms with van der Waals surface area (Å²) in [4.78, 5) is 27.3. The predicted molar refractivity (Wildman–Crippen MR) is 128 cm³/mol. The second-order valence-electron chi connectivity index (χ2n) is 11.6. The molecule has 188 valence electrons. The van der Waals surface area contributed by atoms with Crippen molar-refractivity contribution in [1.29, 1.82) is 0 Å². The van der Waals surface area contributed by atoms with Gasteiger partial charge >= 0.3 is 20.5 Å². The molecule has 0 amide bonds. The monoisotopic (exact) mass is 480 g/mol. The average molecular weight is 481 g/mol. The van der Waals surface area contributed by atoms with Gasteiger partial charge in [-0.05, 0) is 110 Å². The highest BCUT2D eigenvalue weighted by atomic mass is 28.4. The molecule has 4 fully saturated rings. The summed E-state index contributed by atoms with van der Waals surface area (Å²) < 4.78 is 24.8. The number of hydrogen-bond donors (Lipinski definition) is 0. The Hall–Kier alpha value is -0.923. The van der Waals surface area contributed by atoms with E-state index in [9.17, 15) is 9.59 Å². The van der Waals surface area contributed by atoms with Crippen molar-refractivity contribution in [3.8, 4) is 0 Å². The van der Waals surface area contributed by atoms with E-state index in [1.165, 1.54) is 0 Å². The lowest BCUT2D eigenvalue weighted by atomic mass is 9.78. The Morgan fingerprint density at radius 2 is 1.24 bits per heavy atom. The van der Waals surface area contributed by atoms with Crippen LogP contribution in [0.2, 0.25) is 12.1 Å². The van der Waals surface area contributed by atoms with Gasteiger partial charge in [0.2, 0.25) is 0 Å². The molecule has 0 aromatic rings. The van der Waals surface area contributed by atoms with E-state index in [-0.39, 0.29) is 34.9 Å². The van der Waals surface area contributed by atoms with Crippen LogP contribution in [0.5, 0.6) is 0 Å². The first-order valence-electron chi connectivity index (χ1n) is 13.4. The minimum absolute atomic E-state index is 0.0659. The molecule has 0 aliphatic heterocycles. The molecular weight excluding hydrogens is 436 g/mol. The van der Waals surface area contributed by atoms with Crippen LogP contribution >= 0.6 is 0 Å². The quantitative estimate of drug-likeness (QED) is 0.319. The van der Waals surface area contributed by atoms with Gasteiger partial charge in [0.25, 0.3) is 0 Å². The molecule has 5 unspecified atom stereocenters. The standard InChI is InChI=1S/C26H44O6Si/c1-6-29-33(5,30-7-2)20-17-18-16-19(20)22(24(28)32-26(4)14-10-11-15-26)21(18)23(27)31-25(3)12-8-9-13-25/h18-22H,6-17H2,1-5H3. The van der Waals surface area contributed by atoms with Crippen molar-refractivity contribution in [2.24, 2.45) is 23.7 Å². The van der Waals surface area contributed by atoms with Crippen LogP contribution in [0.1, 0.15) is 91.9 Å². The highest BCUT2D eigenvalue weighted by molar-refractivity contribution is 6.67. The van der Waals surface area contributed by atoms with Crippen molar-refractivity contribution in [2.45, 2.75) is 115 Å². The third-order valence-corrected chi connectivity index (χ3v) is 12.8. The Labute approximate surface area is 200 Å². The number of fused-ring (bicyclic) bond motifs is 2. The molecular formula is C26H44O6Si. The van der Waals surface area contributed by atoms with Crippen LogP contribution in [0, 0.1) is 23.7 Å². The number of hydrogen-bond acceptors (Lipinski definition) is 6. The van der Waals surface area contributed by atoms with E-state index in [0.29, 0.717) is 13.2 Å². The van der Waals surface area contributed by atoms with E-state index < -0.39 is 26.0 Å². The minimum atomic E-state index is -2.50. The molecule has 0 heterocycles. The smallest absolute Gasteiger partial charge is 0.338 e. The van der Waals surface area contributed by atoms with Crippen LogP contribution < -0.4 is 0 Å². The SMILES string of the molecule is CCO[Si](C)(OCC)C1CC2CC1C(C(=O)OC1(C)CCCC1)C2C(=O)OC1(C)CCCC1. The summed E-state index contributed by atoms with van der Waals surface area (Å²) in [5.74, 6) is -1.02. The zero-order chi connectivity index (χ0) is 23.9. The first-order valence-corrected chi connectivity index (χ1v) is 15.8. The van der Waals surface area contributed by atoms with E-state index in [2.05, 4.69) is 20.4 Å². The molecule has 0 aromatic heterocycles. The average Bonchev–Trinajstić information content (AvgIpc) is 3.52. The number of carbonyl (C=O) groups excluding carboxylic acids is 2. The summed E-state index contributed by atoms with van der Waals surface area (Å²) in [6.07, 6.45) is 9.74. The van der Waals surface area contributed by atoms with Crippen LogP contribution in [0.15, 0.2) is 0 Å². The maximum atomic E-state index is 13.7. The van der Waals surface area contributed by atoms with Crippen LogP contribution in [-0.2, 0) is 27.9 Å². The molecule has 7 heteroatoms. The number of esters is 2. The third-order valence-electron chi connectivity index (χ3n) is 9.10. The van der Waals surface area contributed by atoms with E-state index >= 15 is 0 Å². The number of ether oxygens (including phenoxy) is 2. The zero-order valence-electron chi connectivity index (χ0n) is 21.3. The van der Waals surface area contributed by atoms with Gasteiger partial charge in [0, 0.05) is 18.8 Å². The topological polar surface area (TPSA) is 71.1 Å². The summed E-state index contributed by atoms with van der Waals surface area (Å²) in [6.45, 7) is 11.5. The van der Waals surface area contributed by atoms with Crippen LogP contribution in [-0.4, -0.2) is 44.9 Å². The molecule has 5 atom stereocenters. The Morgan fingerprint density at radius 1 is 0.788 bits per heavy atom. The van der Waals surface area contributed by atoms with Crippen molar-refractivity contribution in [3.63, 3.8) is 0 Å². The molecule has 0 saturated heterocycles. The van der Waals surface area contributed by atoms with E-state index in [0.717, 1.165) is 64.2 Å². The highest BCUT2D eigenvalue weighted by Crippen LogP contribution is 2.62. The largest absolute Gasteiger partial charge is 0.459 e. The first-order chi connectivity index (χ1) is 15.6. The number of carbonyl (C=O) groups is 2. The second kappa shape index (κ2) is 9.61. The van der Waals surface area contributed by atoms with Gasteiger partial charge in [-0.15, -0.1) is 0 Å². The van der Waals surface area contributed by atoms with Crippen LogP contribution in [0.25, 0.3) is 0 Å². The molecule has 4 rings (SSSR count). The fourth-order valence-corrected chi connectivity index (χ4v) is 11.0.